The number of aliphatic hydroxyl groups is 1. The standard InChI is InChI=1S/C7H10N2O2S/c1-4(10)7(2,11)5-3-12-6(8)9-5/h3,11H,1-2H3,(H2,8,9). The lowest BCUT2D eigenvalue weighted by Gasteiger charge is -2.16. The summed E-state index contributed by atoms with van der Waals surface area (Å²) in [6.07, 6.45) is 0. The first-order valence-electron chi connectivity index (χ1n) is 3.39. The summed E-state index contributed by atoms with van der Waals surface area (Å²) in [5.41, 5.74) is 4.17. The van der Waals surface area contributed by atoms with E-state index in [-0.39, 0.29) is 5.78 Å². The number of nitrogens with zero attached hydrogens (tertiary/aromatic N) is 1. The van der Waals surface area contributed by atoms with Crippen LogP contribution in [0.25, 0.3) is 0 Å². The molecule has 1 unspecified atom stereocenters. The Balaban J connectivity index is 3.05. The molecule has 0 radical (unpaired) electrons. The third-order valence-corrected chi connectivity index (χ3v) is 2.38. The minimum absolute atomic E-state index is 0.317. The smallest absolute Gasteiger partial charge is 0.180 e. The van der Waals surface area contributed by atoms with Crippen LogP contribution in [0.5, 0.6) is 0 Å². The zero-order chi connectivity index (χ0) is 9.35. The minimum atomic E-state index is -1.51. The zero-order valence-corrected chi connectivity index (χ0v) is 7.68. The van der Waals surface area contributed by atoms with E-state index in [2.05, 4.69) is 4.98 Å². The molecule has 3 N–H and O–H groups in total. The third kappa shape index (κ3) is 1.46. The maximum atomic E-state index is 10.9. The van der Waals surface area contributed by atoms with Crippen LogP contribution in [0, 0.1) is 0 Å². The van der Waals surface area contributed by atoms with E-state index in [1.807, 2.05) is 0 Å². The summed E-state index contributed by atoms with van der Waals surface area (Å²) in [6.45, 7) is 2.72. The summed E-state index contributed by atoms with van der Waals surface area (Å²) in [5, 5.41) is 11.5. The summed E-state index contributed by atoms with van der Waals surface area (Å²) in [4.78, 5) is 14.8. The fraction of sp³-hybridized carbons (Fsp3) is 0.429. The number of hydrogen-bond acceptors (Lipinski definition) is 5. The molecule has 0 saturated carbocycles. The fourth-order valence-corrected chi connectivity index (χ4v) is 1.36. The molecule has 4 nitrogen and oxygen atoms in total. The molecule has 0 bridgehead atoms. The molecule has 66 valence electrons. The van der Waals surface area contributed by atoms with Crippen molar-refractivity contribution in [2.75, 3.05) is 5.73 Å². The number of nitrogen functional groups attached to an aromatic ring is 1. The average molecular weight is 186 g/mol. The summed E-state index contributed by atoms with van der Waals surface area (Å²) in [7, 11) is 0. The molecule has 0 spiro atoms. The molecule has 0 aliphatic carbocycles. The molecule has 1 aromatic heterocycles. The van der Waals surface area contributed by atoms with Crippen molar-refractivity contribution >= 4 is 22.3 Å². The van der Waals surface area contributed by atoms with Gasteiger partial charge in [0, 0.05) is 5.38 Å². The third-order valence-electron chi connectivity index (χ3n) is 1.71. The average Bonchev–Trinajstić information content (AvgIpc) is 2.35. The van der Waals surface area contributed by atoms with Gasteiger partial charge in [-0.05, 0) is 13.8 Å². The molecule has 0 saturated heterocycles. The van der Waals surface area contributed by atoms with E-state index in [0.717, 1.165) is 0 Å². The predicted octanol–water partition coefficient (Wildman–Crippen LogP) is 0.522. The Hall–Kier alpha value is -0.940. The van der Waals surface area contributed by atoms with Crippen LogP contribution in [0.2, 0.25) is 0 Å². The number of carbonyl (C=O) groups excluding carboxylic acids is 1. The molecule has 0 fully saturated rings. The van der Waals surface area contributed by atoms with E-state index < -0.39 is 5.60 Å². The Labute approximate surface area is 74.0 Å². The Morgan fingerprint density at radius 2 is 2.42 bits per heavy atom. The summed E-state index contributed by atoms with van der Waals surface area (Å²) in [5.74, 6) is -0.340. The van der Waals surface area contributed by atoms with Crippen molar-refractivity contribution in [1.82, 2.24) is 4.98 Å². The van der Waals surface area contributed by atoms with Gasteiger partial charge in [0.1, 0.15) is 0 Å². The van der Waals surface area contributed by atoms with Gasteiger partial charge in [-0.25, -0.2) is 4.98 Å². The number of thiazole rings is 1. The molecular formula is C7H10N2O2S. The first-order valence-corrected chi connectivity index (χ1v) is 4.27. The molecule has 1 heterocycles. The first-order chi connectivity index (χ1) is 5.44. The van der Waals surface area contributed by atoms with E-state index in [1.54, 1.807) is 5.38 Å². The number of ketones is 1. The van der Waals surface area contributed by atoms with Crippen LogP contribution in [0.15, 0.2) is 5.38 Å². The van der Waals surface area contributed by atoms with Crippen molar-refractivity contribution in [3.8, 4) is 0 Å². The lowest BCUT2D eigenvalue weighted by Crippen LogP contribution is -2.30. The van der Waals surface area contributed by atoms with Crippen molar-refractivity contribution in [3.05, 3.63) is 11.1 Å². The zero-order valence-electron chi connectivity index (χ0n) is 6.87. The van der Waals surface area contributed by atoms with Crippen molar-refractivity contribution < 1.29 is 9.90 Å². The molecule has 5 heteroatoms. The fourth-order valence-electron chi connectivity index (χ4n) is 0.692. The second-order valence-corrected chi connectivity index (χ2v) is 3.59. The molecule has 1 atom stereocenters. The molecular weight excluding hydrogens is 176 g/mol. The lowest BCUT2D eigenvalue weighted by atomic mass is 9.99. The number of aromatic nitrogens is 1. The maximum absolute atomic E-state index is 10.9. The normalized spacial score (nSPS) is 15.6. The van der Waals surface area contributed by atoms with Crippen molar-refractivity contribution in [3.63, 3.8) is 0 Å². The second-order valence-electron chi connectivity index (χ2n) is 2.70. The molecule has 1 rings (SSSR count). The number of anilines is 1. The van der Waals surface area contributed by atoms with E-state index >= 15 is 0 Å². The highest BCUT2D eigenvalue weighted by Gasteiger charge is 2.31. The molecule has 0 aliphatic rings. The van der Waals surface area contributed by atoms with E-state index in [9.17, 15) is 9.90 Å². The largest absolute Gasteiger partial charge is 0.376 e. The molecule has 12 heavy (non-hydrogen) atoms. The quantitative estimate of drug-likeness (QED) is 0.706. The summed E-state index contributed by atoms with van der Waals surface area (Å²) in [6, 6.07) is 0. The van der Waals surface area contributed by atoms with Gasteiger partial charge < -0.3 is 10.8 Å². The van der Waals surface area contributed by atoms with E-state index in [0.29, 0.717) is 10.8 Å². The Kier molecular flexibility index (Phi) is 2.16. The highest BCUT2D eigenvalue weighted by Crippen LogP contribution is 2.24. The highest BCUT2D eigenvalue weighted by atomic mass is 32.1. The van der Waals surface area contributed by atoms with Gasteiger partial charge in [0.25, 0.3) is 0 Å². The van der Waals surface area contributed by atoms with Crippen LogP contribution in [0.3, 0.4) is 0 Å². The van der Waals surface area contributed by atoms with Gasteiger partial charge in [-0.2, -0.15) is 0 Å². The number of hydrogen-bond donors (Lipinski definition) is 2. The summed E-state index contributed by atoms with van der Waals surface area (Å²) < 4.78 is 0. The van der Waals surface area contributed by atoms with Gasteiger partial charge in [0.2, 0.25) is 0 Å². The number of nitrogens with two attached hydrogens (primary N) is 1. The SMILES string of the molecule is CC(=O)C(C)(O)c1csc(N)n1. The molecule has 0 amide bonds. The predicted molar refractivity (Wildman–Crippen MR) is 46.8 cm³/mol. The van der Waals surface area contributed by atoms with Crippen molar-refractivity contribution in [2.24, 2.45) is 0 Å². The van der Waals surface area contributed by atoms with Gasteiger partial charge in [-0.15, -0.1) is 11.3 Å². The Bertz CT molecular complexity index is 306. The van der Waals surface area contributed by atoms with Crippen LogP contribution >= 0.6 is 11.3 Å². The van der Waals surface area contributed by atoms with Crippen LogP contribution < -0.4 is 5.73 Å². The van der Waals surface area contributed by atoms with Crippen molar-refractivity contribution in [2.45, 2.75) is 19.4 Å². The van der Waals surface area contributed by atoms with Gasteiger partial charge in [-0.1, -0.05) is 0 Å². The number of Topliss-reactive ketones (excluding diaryl/α,β-unsaturated/α-hetero) is 1. The Morgan fingerprint density at radius 1 is 1.83 bits per heavy atom. The summed E-state index contributed by atoms with van der Waals surface area (Å²) >= 11 is 1.20. The molecule has 0 aromatic carbocycles. The lowest BCUT2D eigenvalue weighted by molar-refractivity contribution is -0.134. The van der Waals surface area contributed by atoms with Crippen LogP contribution in [-0.4, -0.2) is 15.9 Å². The molecule has 0 aliphatic heterocycles. The first kappa shape index (κ1) is 9.15. The van der Waals surface area contributed by atoms with Crippen LogP contribution in [0.1, 0.15) is 19.5 Å². The monoisotopic (exact) mass is 186 g/mol. The van der Waals surface area contributed by atoms with E-state index in [4.69, 9.17) is 5.73 Å². The van der Waals surface area contributed by atoms with Crippen molar-refractivity contribution in [1.29, 1.82) is 0 Å². The molecule has 1 aromatic rings. The van der Waals surface area contributed by atoms with Gasteiger partial charge in [0.15, 0.2) is 16.5 Å². The highest BCUT2D eigenvalue weighted by molar-refractivity contribution is 7.13. The van der Waals surface area contributed by atoms with Gasteiger partial charge >= 0.3 is 0 Å². The van der Waals surface area contributed by atoms with E-state index in [1.165, 1.54) is 25.2 Å². The van der Waals surface area contributed by atoms with Crippen LogP contribution in [0.4, 0.5) is 5.13 Å². The maximum Gasteiger partial charge on any atom is 0.180 e. The van der Waals surface area contributed by atoms with Gasteiger partial charge in [-0.3, -0.25) is 4.79 Å². The Morgan fingerprint density at radius 3 is 2.75 bits per heavy atom. The topological polar surface area (TPSA) is 76.2 Å². The number of carbonyl (C=O) groups is 1. The van der Waals surface area contributed by atoms with Crippen LogP contribution in [-0.2, 0) is 10.4 Å². The number of rotatable bonds is 2. The second kappa shape index (κ2) is 2.84. The van der Waals surface area contributed by atoms with Gasteiger partial charge in [0.05, 0.1) is 5.69 Å². The minimum Gasteiger partial charge on any atom is -0.376 e.